The number of carboxylic acid groups (broad SMARTS) is 2. The fourth-order valence-corrected chi connectivity index (χ4v) is 1.85. The predicted molar refractivity (Wildman–Crippen MR) is 51.0 cm³/mol. The second-order valence-electron chi connectivity index (χ2n) is 4.27. The van der Waals surface area contributed by atoms with Crippen molar-refractivity contribution < 1.29 is 29.3 Å². The number of hydrogen-bond acceptors (Lipinski definition) is 4. The lowest BCUT2D eigenvalue weighted by molar-refractivity contribution is -0.154. The van der Waals surface area contributed by atoms with Gasteiger partial charge < -0.3 is 19.7 Å². The summed E-state index contributed by atoms with van der Waals surface area (Å²) in [6.45, 7) is 1.08. The third-order valence-corrected chi connectivity index (χ3v) is 2.96. The first kappa shape index (κ1) is 11.3. The minimum absolute atomic E-state index is 0.0805. The molecule has 4 atom stereocenters. The maximum absolute atomic E-state index is 11.1. The van der Waals surface area contributed by atoms with E-state index in [0.717, 1.165) is 0 Å². The Morgan fingerprint density at radius 2 is 1.31 bits per heavy atom. The van der Waals surface area contributed by atoms with Gasteiger partial charge in [-0.25, -0.2) is 0 Å². The number of ether oxygens (including phenoxy) is 2. The van der Waals surface area contributed by atoms with Crippen molar-refractivity contribution in [1.82, 2.24) is 0 Å². The average molecular weight is 230 g/mol. The van der Waals surface area contributed by atoms with Crippen LogP contribution < -0.4 is 0 Å². The Hall–Kier alpha value is -1.14. The van der Waals surface area contributed by atoms with E-state index in [4.69, 9.17) is 19.7 Å². The van der Waals surface area contributed by atoms with Gasteiger partial charge in [0.2, 0.25) is 0 Å². The van der Waals surface area contributed by atoms with Crippen molar-refractivity contribution in [2.45, 2.75) is 25.0 Å². The first-order valence-corrected chi connectivity index (χ1v) is 5.26. The highest BCUT2D eigenvalue weighted by Gasteiger charge is 2.42. The molecule has 0 spiro atoms. The molecule has 0 aromatic heterocycles. The van der Waals surface area contributed by atoms with Gasteiger partial charge in [-0.2, -0.15) is 0 Å². The molecule has 0 aromatic carbocycles. The van der Waals surface area contributed by atoms with E-state index in [2.05, 4.69) is 0 Å². The molecule has 2 aliphatic rings. The van der Waals surface area contributed by atoms with Gasteiger partial charge in [0.05, 0.1) is 37.3 Å². The zero-order chi connectivity index (χ0) is 11.7. The van der Waals surface area contributed by atoms with E-state index in [1.165, 1.54) is 0 Å². The molecule has 0 aromatic rings. The van der Waals surface area contributed by atoms with Gasteiger partial charge >= 0.3 is 11.9 Å². The van der Waals surface area contributed by atoms with Gasteiger partial charge in [-0.15, -0.1) is 0 Å². The van der Waals surface area contributed by atoms with Crippen molar-refractivity contribution in [3.8, 4) is 0 Å². The average Bonchev–Trinajstić information content (AvgIpc) is 3.05. The zero-order valence-corrected chi connectivity index (χ0v) is 8.67. The molecule has 0 amide bonds. The van der Waals surface area contributed by atoms with E-state index in [0.29, 0.717) is 13.2 Å². The molecule has 2 aliphatic heterocycles. The first-order valence-electron chi connectivity index (χ1n) is 5.26. The van der Waals surface area contributed by atoms with Crippen LogP contribution in [0.15, 0.2) is 0 Å². The van der Waals surface area contributed by atoms with E-state index in [1.54, 1.807) is 0 Å². The summed E-state index contributed by atoms with van der Waals surface area (Å²) in [7, 11) is 0. The van der Waals surface area contributed by atoms with Gasteiger partial charge in [0.15, 0.2) is 0 Å². The SMILES string of the molecule is O=C(O)C(CC1CO1)C(CC1CO1)C(=O)O. The lowest BCUT2D eigenvalue weighted by Crippen LogP contribution is -2.32. The lowest BCUT2D eigenvalue weighted by Gasteiger charge is -2.18. The first-order chi connectivity index (χ1) is 7.58. The van der Waals surface area contributed by atoms with Crippen LogP contribution in [0.5, 0.6) is 0 Å². The summed E-state index contributed by atoms with van der Waals surface area (Å²) >= 11 is 0. The summed E-state index contributed by atoms with van der Waals surface area (Å²) < 4.78 is 9.90. The predicted octanol–water partition coefficient (Wildman–Crippen LogP) is -0.0342. The quantitative estimate of drug-likeness (QED) is 0.595. The van der Waals surface area contributed by atoms with Crippen molar-refractivity contribution in [2.75, 3.05) is 13.2 Å². The largest absolute Gasteiger partial charge is 0.481 e. The minimum Gasteiger partial charge on any atom is -0.481 e. The van der Waals surface area contributed by atoms with Crippen LogP contribution in [0.2, 0.25) is 0 Å². The minimum atomic E-state index is -1.07. The second kappa shape index (κ2) is 4.39. The molecule has 0 bridgehead atoms. The molecule has 90 valence electrons. The van der Waals surface area contributed by atoms with E-state index >= 15 is 0 Å². The highest BCUT2D eigenvalue weighted by atomic mass is 16.6. The van der Waals surface area contributed by atoms with Gasteiger partial charge in [-0.3, -0.25) is 9.59 Å². The highest BCUT2D eigenvalue weighted by molar-refractivity contribution is 5.80. The Labute approximate surface area is 92.2 Å². The van der Waals surface area contributed by atoms with Gasteiger partial charge in [0.25, 0.3) is 0 Å². The van der Waals surface area contributed by atoms with Crippen molar-refractivity contribution >= 4 is 11.9 Å². The molecule has 0 saturated carbocycles. The van der Waals surface area contributed by atoms with E-state index in [9.17, 15) is 9.59 Å². The molecular formula is C10H14O6. The summed E-state index contributed by atoms with van der Waals surface area (Å²) in [6, 6.07) is 0. The van der Waals surface area contributed by atoms with Crippen LogP contribution in [0.1, 0.15) is 12.8 Å². The monoisotopic (exact) mass is 230 g/mol. The van der Waals surface area contributed by atoms with E-state index < -0.39 is 23.8 Å². The zero-order valence-electron chi connectivity index (χ0n) is 8.67. The molecule has 4 unspecified atom stereocenters. The van der Waals surface area contributed by atoms with Crippen LogP contribution in [0, 0.1) is 11.8 Å². The fourth-order valence-electron chi connectivity index (χ4n) is 1.85. The maximum atomic E-state index is 11.1. The second-order valence-corrected chi connectivity index (χ2v) is 4.27. The van der Waals surface area contributed by atoms with Crippen LogP contribution >= 0.6 is 0 Å². The Morgan fingerprint density at radius 1 is 1.00 bits per heavy atom. The van der Waals surface area contributed by atoms with E-state index in [1.807, 2.05) is 0 Å². The van der Waals surface area contributed by atoms with Crippen molar-refractivity contribution in [2.24, 2.45) is 11.8 Å². The normalized spacial score (nSPS) is 30.5. The molecule has 2 N–H and O–H groups in total. The van der Waals surface area contributed by atoms with Crippen LogP contribution in [0.3, 0.4) is 0 Å². The van der Waals surface area contributed by atoms with Crippen molar-refractivity contribution in [3.63, 3.8) is 0 Å². The number of rotatable bonds is 7. The molecule has 2 rings (SSSR count). The Morgan fingerprint density at radius 3 is 1.50 bits per heavy atom. The number of epoxide rings is 2. The summed E-state index contributed by atoms with van der Waals surface area (Å²) in [5.41, 5.74) is 0. The van der Waals surface area contributed by atoms with Gasteiger partial charge in [0.1, 0.15) is 0 Å². The summed E-state index contributed by atoms with van der Waals surface area (Å²) in [5, 5.41) is 18.1. The molecule has 2 saturated heterocycles. The molecule has 0 aliphatic carbocycles. The van der Waals surface area contributed by atoms with Crippen LogP contribution in [-0.2, 0) is 19.1 Å². The molecule has 6 nitrogen and oxygen atoms in total. The van der Waals surface area contributed by atoms with Crippen LogP contribution in [-0.4, -0.2) is 47.6 Å². The fraction of sp³-hybridized carbons (Fsp3) is 0.800. The maximum Gasteiger partial charge on any atom is 0.307 e. The van der Waals surface area contributed by atoms with Gasteiger partial charge in [-0.1, -0.05) is 0 Å². The molecule has 16 heavy (non-hydrogen) atoms. The molecule has 2 heterocycles. The van der Waals surface area contributed by atoms with Gasteiger partial charge in [0, 0.05) is 0 Å². The number of aliphatic carboxylic acids is 2. The molecule has 0 radical (unpaired) electrons. The molecule has 2 fully saturated rings. The van der Waals surface area contributed by atoms with E-state index in [-0.39, 0.29) is 25.0 Å². The summed E-state index contributed by atoms with van der Waals surface area (Å²) in [6.07, 6.45) is 0.393. The summed E-state index contributed by atoms with van der Waals surface area (Å²) in [5.74, 6) is -3.89. The van der Waals surface area contributed by atoms with Crippen LogP contribution in [0.25, 0.3) is 0 Å². The smallest absolute Gasteiger partial charge is 0.307 e. The Bertz CT molecular complexity index is 264. The third kappa shape index (κ3) is 2.93. The standard InChI is InChI=1S/C10H14O6/c11-9(12)7(1-5-3-15-5)8(10(13)14)2-6-4-16-6/h5-8H,1-4H2,(H,11,12)(H,13,14). The van der Waals surface area contributed by atoms with Crippen molar-refractivity contribution in [3.05, 3.63) is 0 Å². The topological polar surface area (TPSA) is 99.7 Å². The summed E-state index contributed by atoms with van der Waals surface area (Å²) in [4.78, 5) is 22.1. The lowest BCUT2D eigenvalue weighted by atomic mass is 9.85. The number of carbonyl (C=O) groups is 2. The molecular weight excluding hydrogens is 216 g/mol. The number of carboxylic acids is 2. The van der Waals surface area contributed by atoms with Gasteiger partial charge in [-0.05, 0) is 12.8 Å². The third-order valence-electron chi connectivity index (χ3n) is 2.96. The highest BCUT2D eigenvalue weighted by Crippen LogP contribution is 2.31. The van der Waals surface area contributed by atoms with Crippen molar-refractivity contribution in [1.29, 1.82) is 0 Å². The Balaban J connectivity index is 1.99. The Kier molecular flexibility index (Phi) is 3.11. The number of hydrogen-bond donors (Lipinski definition) is 2. The molecule has 6 heteroatoms. The van der Waals surface area contributed by atoms with Crippen LogP contribution in [0.4, 0.5) is 0 Å².